The molecule has 5 nitrogen and oxygen atoms in total. The van der Waals surface area contributed by atoms with Gasteiger partial charge in [0.05, 0.1) is 4.90 Å². The first-order valence-corrected chi connectivity index (χ1v) is 11.7. The molecule has 6 heteroatoms. The fraction of sp³-hybridized carbons (Fsp3) is 0.292. The topological polar surface area (TPSA) is 66.5 Å². The van der Waals surface area contributed by atoms with Crippen molar-refractivity contribution in [2.24, 2.45) is 0 Å². The van der Waals surface area contributed by atoms with Crippen LogP contribution in [0.1, 0.15) is 38.2 Å². The number of rotatable bonds is 5. The number of nitrogens with zero attached hydrogens (tertiary/aromatic N) is 1. The molecule has 1 aliphatic heterocycles. The van der Waals surface area contributed by atoms with E-state index < -0.39 is 16.1 Å². The van der Waals surface area contributed by atoms with E-state index in [1.165, 1.54) is 4.31 Å². The van der Waals surface area contributed by atoms with Gasteiger partial charge in [0, 0.05) is 12.2 Å². The van der Waals surface area contributed by atoms with E-state index in [9.17, 15) is 13.2 Å². The lowest BCUT2D eigenvalue weighted by Crippen LogP contribution is -2.43. The molecule has 1 aliphatic rings. The largest absolute Gasteiger partial charge is 0.324 e. The Balaban J connectivity index is 1.61. The molecule has 0 spiro atoms. The van der Waals surface area contributed by atoms with Gasteiger partial charge in [-0.2, -0.15) is 4.31 Å². The second-order valence-corrected chi connectivity index (χ2v) is 9.90. The minimum Gasteiger partial charge on any atom is -0.324 e. The van der Waals surface area contributed by atoms with E-state index in [2.05, 4.69) is 19.2 Å². The summed E-state index contributed by atoms with van der Waals surface area (Å²) in [4.78, 5) is 13.3. The summed E-state index contributed by atoms with van der Waals surface area (Å²) in [6, 6.07) is 19.7. The molecule has 0 unspecified atom stereocenters. The maximum Gasteiger partial charge on any atom is 0.243 e. The number of carbonyl (C=O) groups excluding carboxylic acids is 1. The second-order valence-electron chi connectivity index (χ2n) is 8.01. The van der Waals surface area contributed by atoms with Crippen molar-refractivity contribution in [1.29, 1.82) is 0 Å². The van der Waals surface area contributed by atoms with Gasteiger partial charge < -0.3 is 5.32 Å². The van der Waals surface area contributed by atoms with Gasteiger partial charge >= 0.3 is 0 Å². The molecule has 1 fully saturated rings. The van der Waals surface area contributed by atoms with E-state index >= 15 is 0 Å². The second kappa shape index (κ2) is 8.20. The number of anilines is 1. The average molecular weight is 423 g/mol. The maximum atomic E-state index is 13.4. The van der Waals surface area contributed by atoms with Gasteiger partial charge in [0.1, 0.15) is 6.04 Å². The molecule has 4 rings (SSSR count). The van der Waals surface area contributed by atoms with E-state index in [4.69, 9.17) is 0 Å². The molecule has 1 atom stereocenters. The predicted molar refractivity (Wildman–Crippen MR) is 120 cm³/mol. The van der Waals surface area contributed by atoms with Gasteiger partial charge in [0.2, 0.25) is 15.9 Å². The van der Waals surface area contributed by atoms with Gasteiger partial charge in [-0.05, 0) is 53.3 Å². The van der Waals surface area contributed by atoms with E-state index in [0.29, 0.717) is 19.4 Å². The highest BCUT2D eigenvalue weighted by Crippen LogP contribution is 2.30. The number of hydrogen-bond acceptors (Lipinski definition) is 3. The smallest absolute Gasteiger partial charge is 0.243 e. The number of sulfonamides is 1. The highest BCUT2D eigenvalue weighted by molar-refractivity contribution is 7.89. The normalized spacial score (nSPS) is 17.5. The summed E-state index contributed by atoms with van der Waals surface area (Å²) in [7, 11) is -3.77. The molecule has 1 amide bonds. The minimum atomic E-state index is -3.77. The van der Waals surface area contributed by atoms with Gasteiger partial charge in [-0.1, -0.05) is 62.4 Å². The molecule has 1 N–H and O–H groups in total. The molecule has 3 aromatic carbocycles. The van der Waals surface area contributed by atoms with Crippen molar-refractivity contribution in [1.82, 2.24) is 4.31 Å². The Morgan fingerprint density at radius 2 is 1.70 bits per heavy atom. The van der Waals surface area contributed by atoms with Crippen LogP contribution in [0.25, 0.3) is 10.8 Å². The minimum absolute atomic E-state index is 0.225. The van der Waals surface area contributed by atoms with Crippen LogP contribution in [0, 0.1) is 0 Å². The maximum absolute atomic E-state index is 13.4. The molecule has 0 radical (unpaired) electrons. The Bertz CT molecular complexity index is 1190. The number of nitrogens with one attached hydrogen (secondary N) is 1. The Hall–Kier alpha value is -2.70. The van der Waals surface area contributed by atoms with E-state index in [1.807, 2.05) is 54.6 Å². The van der Waals surface area contributed by atoms with Crippen molar-refractivity contribution >= 4 is 32.4 Å². The lowest BCUT2D eigenvalue weighted by Gasteiger charge is -2.24. The molecule has 30 heavy (non-hydrogen) atoms. The fourth-order valence-corrected chi connectivity index (χ4v) is 5.78. The number of carbonyl (C=O) groups is 1. The van der Waals surface area contributed by atoms with Crippen LogP contribution in [0.5, 0.6) is 0 Å². The Labute approximate surface area is 177 Å². The van der Waals surface area contributed by atoms with Crippen LogP contribution >= 0.6 is 0 Å². The summed E-state index contributed by atoms with van der Waals surface area (Å²) < 4.78 is 28.1. The standard InChI is InChI=1S/C24H26N2O3S/c1-17(2)21-10-5-6-11-22(21)25-24(27)23-12-7-15-26(23)30(28,29)20-14-13-18-8-3-4-9-19(18)16-20/h3-6,8-11,13-14,16-17,23H,7,12,15H2,1-2H3,(H,25,27)/t23-/m1/s1. The van der Waals surface area contributed by atoms with Crippen molar-refractivity contribution < 1.29 is 13.2 Å². The third-order valence-electron chi connectivity index (χ3n) is 5.67. The van der Waals surface area contributed by atoms with Gasteiger partial charge in [-0.25, -0.2) is 8.42 Å². The Kier molecular flexibility index (Phi) is 5.62. The van der Waals surface area contributed by atoms with Crippen molar-refractivity contribution in [2.45, 2.75) is 43.5 Å². The van der Waals surface area contributed by atoms with Crippen LogP contribution in [0.4, 0.5) is 5.69 Å². The van der Waals surface area contributed by atoms with Gasteiger partial charge in [0.15, 0.2) is 0 Å². The van der Waals surface area contributed by atoms with Crippen LogP contribution in [0.15, 0.2) is 71.6 Å². The summed E-state index contributed by atoms with van der Waals surface area (Å²) in [5.74, 6) is -0.0209. The average Bonchev–Trinajstić information content (AvgIpc) is 3.24. The van der Waals surface area contributed by atoms with Crippen LogP contribution in [0.3, 0.4) is 0 Å². The summed E-state index contributed by atoms with van der Waals surface area (Å²) >= 11 is 0. The molecule has 3 aromatic rings. The third-order valence-corrected chi connectivity index (χ3v) is 7.58. The molecule has 0 aliphatic carbocycles. The lowest BCUT2D eigenvalue weighted by molar-refractivity contribution is -0.119. The van der Waals surface area contributed by atoms with Crippen LogP contribution < -0.4 is 5.32 Å². The highest BCUT2D eigenvalue weighted by atomic mass is 32.2. The van der Waals surface area contributed by atoms with E-state index in [1.54, 1.807) is 12.1 Å². The van der Waals surface area contributed by atoms with Gasteiger partial charge in [-0.3, -0.25) is 4.79 Å². The quantitative estimate of drug-likeness (QED) is 0.645. The van der Waals surface area contributed by atoms with Gasteiger partial charge in [-0.15, -0.1) is 0 Å². The van der Waals surface area contributed by atoms with Gasteiger partial charge in [0.25, 0.3) is 0 Å². The first-order chi connectivity index (χ1) is 14.4. The van der Waals surface area contributed by atoms with Crippen molar-refractivity contribution in [2.75, 3.05) is 11.9 Å². The monoisotopic (exact) mass is 422 g/mol. The summed E-state index contributed by atoms with van der Waals surface area (Å²) in [5, 5.41) is 4.82. The molecule has 0 saturated carbocycles. The Morgan fingerprint density at radius 1 is 1.00 bits per heavy atom. The van der Waals surface area contributed by atoms with E-state index in [-0.39, 0.29) is 16.7 Å². The van der Waals surface area contributed by atoms with Crippen molar-refractivity contribution in [3.63, 3.8) is 0 Å². The molecular formula is C24H26N2O3S. The van der Waals surface area contributed by atoms with Crippen LogP contribution in [-0.4, -0.2) is 31.2 Å². The molecule has 0 bridgehead atoms. The summed E-state index contributed by atoms with van der Waals surface area (Å²) in [6.07, 6.45) is 1.18. The number of amides is 1. The highest BCUT2D eigenvalue weighted by Gasteiger charge is 2.39. The zero-order valence-corrected chi connectivity index (χ0v) is 18.0. The van der Waals surface area contributed by atoms with Crippen molar-refractivity contribution in [3.05, 3.63) is 72.3 Å². The number of hydrogen-bond donors (Lipinski definition) is 1. The zero-order valence-electron chi connectivity index (χ0n) is 17.2. The number of benzene rings is 3. The van der Waals surface area contributed by atoms with E-state index in [0.717, 1.165) is 22.0 Å². The number of para-hydroxylation sites is 1. The molecule has 1 heterocycles. The van der Waals surface area contributed by atoms with Crippen molar-refractivity contribution in [3.8, 4) is 0 Å². The van der Waals surface area contributed by atoms with Crippen LogP contribution in [0.2, 0.25) is 0 Å². The molecular weight excluding hydrogens is 396 g/mol. The first kappa shape index (κ1) is 20.6. The predicted octanol–water partition coefficient (Wildman–Crippen LogP) is 4.76. The van der Waals surface area contributed by atoms with Crippen LogP contribution in [-0.2, 0) is 14.8 Å². The number of fused-ring (bicyclic) bond motifs is 1. The molecule has 156 valence electrons. The lowest BCUT2D eigenvalue weighted by atomic mass is 10.0. The third kappa shape index (κ3) is 3.85. The molecule has 1 saturated heterocycles. The first-order valence-electron chi connectivity index (χ1n) is 10.3. The summed E-state index contributed by atoms with van der Waals surface area (Å²) in [6.45, 7) is 4.48. The zero-order chi connectivity index (χ0) is 21.3. The fourth-order valence-electron chi connectivity index (χ4n) is 4.08. The summed E-state index contributed by atoms with van der Waals surface area (Å²) in [5.41, 5.74) is 1.78. The molecule has 0 aromatic heterocycles. The Morgan fingerprint density at radius 3 is 2.47 bits per heavy atom. The SMILES string of the molecule is CC(C)c1ccccc1NC(=O)[C@H]1CCCN1S(=O)(=O)c1ccc2ccccc2c1.